The van der Waals surface area contributed by atoms with E-state index in [1.54, 1.807) is 0 Å². The first-order valence-electron chi connectivity index (χ1n) is 13.2. The summed E-state index contributed by atoms with van der Waals surface area (Å²) < 4.78 is 19.5. The Labute approximate surface area is 223 Å². The van der Waals surface area contributed by atoms with Gasteiger partial charge in [0.15, 0.2) is 0 Å². The van der Waals surface area contributed by atoms with Crippen LogP contribution >= 0.6 is 0 Å². The highest BCUT2D eigenvalue weighted by atomic mass is 16.7. The van der Waals surface area contributed by atoms with E-state index in [1.165, 1.54) is 10.8 Å². The Bertz CT molecular complexity index is 1820. The lowest BCUT2D eigenvalue weighted by Gasteiger charge is -2.32. The number of rotatable bonds is 3. The van der Waals surface area contributed by atoms with E-state index in [0.717, 1.165) is 49.7 Å². The molecule has 0 amide bonds. The average Bonchev–Trinajstić information content (AvgIpc) is 3.39. The van der Waals surface area contributed by atoms with Gasteiger partial charge in [-0.15, -0.1) is 0 Å². The van der Waals surface area contributed by atoms with E-state index < -0.39 is 18.3 Å². The molecule has 38 heavy (non-hydrogen) atoms. The van der Waals surface area contributed by atoms with Gasteiger partial charge in [-0.2, -0.15) is 0 Å². The highest BCUT2D eigenvalue weighted by molar-refractivity contribution is 6.62. The van der Waals surface area contributed by atoms with E-state index in [4.69, 9.17) is 13.7 Å². The van der Waals surface area contributed by atoms with Crippen molar-refractivity contribution >= 4 is 45.3 Å². The predicted molar refractivity (Wildman–Crippen MR) is 158 cm³/mol. The molecule has 0 radical (unpaired) electrons. The number of furan rings is 1. The number of hydrogen-bond donors (Lipinski definition) is 0. The van der Waals surface area contributed by atoms with Gasteiger partial charge in [0.25, 0.3) is 0 Å². The molecule has 1 aromatic heterocycles. The maximum absolute atomic E-state index is 6.56. The minimum absolute atomic E-state index is 0.415. The first-order valence-corrected chi connectivity index (χ1v) is 13.2. The molecule has 1 saturated heterocycles. The van der Waals surface area contributed by atoms with E-state index in [9.17, 15) is 0 Å². The summed E-state index contributed by atoms with van der Waals surface area (Å²) in [6, 6.07) is 36.3. The van der Waals surface area contributed by atoms with Gasteiger partial charge in [0.2, 0.25) is 0 Å². The third-order valence-electron chi connectivity index (χ3n) is 8.26. The highest BCUT2D eigenvalue weighted by Gasteiger charge is 2.51. The van der Waals surface area contributed by atoms with E-state index in [0.29, 0.717) is 0 Å². The van der Waals surface area contributed by atoms with Crippen LogP contribution in [0.4, 0.5) is 0 Å². The standard InChI is InChI=1S/C34H29BO3/c1-33(2)34(3,4)38-35(37-33)27-18-25(22-11-6-5-7-12-22)17-26(19-27)28-15-10-16-29-30-20-23-13-8-9-14-24(23)21-31(30)36-32(28)29/h5-21H,1-4H3. The zero-order valence-corrected chi connectivity index (χ0v) is 22.1. The second kappa shape index (κ2) is 8.32. The minimum Gasteiger partial charge on any atom is -0.455 e. The molecule has 0 bridgehead atoms. The Kier molecular flexibility index (Phi) is 5.10. The molecular formula is C34H29BO3. The lowest BCUT2D eigenvalue weighted by Crippen LogP contribution is -2.41. The van der Waals surface area contributed by atoms with Gasteiger partial charge in [-0.05, 0) is 78.8 Å². The SMILES string of the molecule is CC1(C)OB(c2cc(-c3ccccc3)cc(-c3cccc4c3oc3cc5ccccc5cc34)c2)OC1(C)C. The van der Waals surface area contributed by atoms with Crippen LogP contribution in [0.5, 0.6) is 0 Å². The quantitative estimate of drug-likeness (QED) is 0.231. The summed E-state index contributed by atoms with van der Waals surface area (Å²) in [4.78, 5) is 0. The van der Waals surface area contributed by atoms with Crippen LogP contribution in [0, 0.1) is 0 Å². The Hall–Kier alpha value is -3.86. The molecule has 3 nitrogen and oxygen atoms in total. The van der Waals surface area contributed by atoms with Gasteiger partial charge in [-0.25, -0.2) is 0 Å². The van der Waals surface area contributed by atoms with Gasteiger partial charge in [0.05, 0.1) is 11.2 Å². The number of hydrogen-bond acceptors (Lipinski definition) is 3. The summed E-state index contributed by atoms with van der Waals surface area (Å²) in [5.74, 6) is 0. The van der Waals surface area contributed by atoms with Gasteiger partial charge < -0.3 is 13.7 Å². The van der Waals surface area contributed by atoms with Crippen molar-refractivity contribution in [3.05, 3.63) is 103 Å². The molecule has 0 spiro atoms. The van der Waals surface area contributed by atoms with Crippen molar-refractivity contribution in [1.82, 2.24) is 0 Å². The molecule has 5 aromatic carbocycles. The molecule has 0 unspecified atom stereocenters. The number of para-hydroxylation sites is 1. The minimum atomic E-state index is -0.456. The molecule has 1 aliphatic heterocycles. The van der Waals surface area contributed by atoms with Crippen molar-refractivity contribution in [1.29, 1.82) is 0 Å². The molecular weight excluding hydrogens is 467 g/mol. The van der Waals surface area contributed by atoms with Crippen molar-refractivity contribution in [3.63, 3.8) is 0 Å². The largest absolute Gasteiger partial charge is 0.494 e. The van der Waals surface area contributed by atoms with Crippen molar-refractivity contribution < 1.29 is 13.7 Å². The van der Waals surface area contributed by atoms with Crippen LogP contribution in [0.2, 0.25) is 0 Å². The lowest BCUT2D eigenvalue weighted by molar-refractivity contribution is 0.00578. The van der Waals surface area contributed by atoms with Crippen LogP contribution in [0.25, 0.3) is 55.0 Å². The summed E-state index contributed by atoms with van der Waals surface area (Å²) in [7, 11) is -0.456. The van der Waals surface area contributed by atoms with Crippen molar-refractivity contribution in [2.45, 2.75) is 38.9 Å². The van der Waals surface area contributed by atoms with E-state index >= 15 is 0 Å². The predicted octanol–water partition coefficient (Wildman–Crippen LogP) is 8.37. The monoisotopic (exact) mass is 496 g/mol. The van der Waals surface area contributed by atoms with Crippen molar-refractivity contribution in [3.8, 4) is 22.3 Å². The second-order valence-electron chi connectivity index (χ2n) is 11.3. The first kappa shape index (κ1) is 23.3. The van der Waals surface area contributed by atoms with Crippen LogP contribution in [0.3, 0.4) is 0 Å². The summed E-state index contributed by atoms with van der Waals surface area (Å²) in [5, 5.41) is 4.63. The summed E-state index contributed by atoms with van der Waals surface area (Å²) in [5.41, 5.74) is 6.35. The van der Waals surface area contributed by atoms with Gasteiger partial charge in [-0.3, -0.25) is 0 Å². The van der Waals surface area contributed by atoms with Crippen LogP contribution in [-0.4, -0.2) is 18.3 Å². The summed E-state index contributed by atoms with van der Waals surface area (Å²) in [6.45, 7) is 8.37. The Morgan fingerprint density at radius 3 is 1.95 bits per heavy atom. The fourth-order valence-corrected chi connectivity index (χ4v) is 5.43. The van der Waals surface area contributed by atoms with Crippen molar-refractivity contribution in [2.24, 2.45) is 0 Å². The fourth-order valence-electron chi connectivity index (χ4n) is 5.43. The molecule has 0 saturated carbocycles. The van der Waals surface area contributed by atoms with Crippen LogP contribution in [0.1, 0.15) is 27.7 Å². The number of fused-ring (bicyclic) bond motifs is 4. The number of benzene rings is 5. The molecule has 0 N–H and O–H groups in total. The third-order valence-corrected chi connectivity index (χ3v) is 8.26. The van der Waals surface area contributed by atoms with Gasteiger partial charge >= 0.3 is 7.12 Å². The van der Waals surface area contributed by atoms with E-state index in [-0.39, 0.29) is 0 Å². The van der Waals surface area contributed by atoms with Gasteiger partial charge in [-0.1, -0.05) is 84.9 Å². The van der Waals surface area contributed by atoms with Gasteiger partial charge in [0, 0.05) is 16.3 Å². The molecule has 4 heteroatoms. The zero-order valence-electron chi connectivity index (χ0n) is 22.1. The topological polar surface area (TPSA) is 31.6 Å². The normalized spacial score (nSPS) is 16.6. The highest BCUT2D eigenvalue weighted by Crippen LogP contribution is 2.40. The average molecular weight is 496 g/mol. The molecule has 7 rings (SSSR count). The van der Waals surface area contributed by atoms with E-state index in [2.05, 4.69) is 125 Å². The Morgan fingerprint density at radius 2 is 1.21 bits per heavy atom. The molecule has 0 atom stereocenters. The molecule has 2 heterocycles. The molecule has 6 aromatic rings. The lowest BCUT2D eigenvalue weighted by atomic mass is 9.76. The van der Waals surface area contributed by atoms with E-state index in [1.807, 2.05) is 6.07 Å². The third kappa shape index (κ3) is 3.67. The fraction of sp³-hybridized carbons (Fsp3) is 0.176. The molecule has 1 aliphatic rings. The van der Waals surface area contributed by atoms with Crippen LogP contribution in [-0.2, 0) is 9.31 Å². The molecule has 0 aliphatic carbocycles. The first-order chi connectivity index (χ1) is 18.3. The summed E-state index contributed by atoms with van der Waals surface area (Å²) in [6.07, 6.45) is 0. The molecule has 186 valence electrons. The summed E-state index contributed by atoms with van der Waals surface area (Å²) >= 11 is 0. The van der Waals surface area contributed by atoms with Crippen LogP contribution < -0.4 is 5.46 Å². The zero-order chi connectivity index (χ0) is 26.1. The Balaban J connectivity index is 1.44. The smallest absolute Gasteiger partial charge is 0.455 e. The van der Waals surface area contributed by atoms with Crippen molar-refractivity contribution in [2.75, 3.05) is 0 Å². The second-order valence-corrected chi connectivity index (χ2v) is 11.3. The molecule has 1 fully saturated rings. The van der Waals surface area contributed by atoms with Crippen LogP contribution in [0.15, 0.2) is 108 Å². The Morgan fingerprint density at radius 1 is 0.553 bits per heavy atom. The maximum atomic E-state index is 6.56. The maximum Gasteiger partial charge on any atom is 0.494 e. The van der Waals surface area contributed by atoms with Gasteiger partial charge in [0.1, 0.15) is 11.2 Å².